The average Bonchev–Trinajstić information content (AvgIpc) is 2.37. The summed E-state index contributed by atoms with van der Waals surface area (Å²) in [6.07, 6.45) is 13.8. The molecule has 0 aromatic carbocycles. The molecule has 0 radical (unpaired) electrons. The van der Waals surface area contributed by atoms with E-state index in [1.54, 1.807) is 5.57 Å². The molecule has 1 fully saturated rings. The van der Waals surface area contributed by atoms with Gasteiger partial charge in [-0.25, -0.2) is 0 Å². The first-order valence-electron chi connectivity index (χ1n) is 8.05. The number of hydrogen-bond donors (Lipinski definition) is 1. The first kappa shape index (κ1) is 15.8. The van der Waals surface area contributed by atoms with Crippen molar-refractivity contribution >= 4 is 0 Å². The van der Waals surface area contributed by atoms with Crippen molar-refractivity contribution in [1.82, 2.24) is 5.32 Å². The molecule has 1 aliphatic carbocycles. The van der Waals surface area contributed by atoms with Crippen LogP contribution in [0.1, 0.15) is 72.1 Å². The molecule has 106 valence electrons. The van der Waals surface area contributed by atoms with E-state index in [1.807, 2.05) is 0 Å². The van der Waals surface area contributed by atoms with Crippen LogP contribution < -0.4 is 5.32 Å². The number of rotatable bonds is 8. The summed E-state index contributed by atoms with van der Waals surface area (Å²) in [5.41, 5.74) is 1.60. The lowest BCUT2D eigenvalue weighted by atomic mass is 9.85. The van der Waals surface area contributed by atoms with Crippen molar-refractivity contribution in [2.24, 2.45) is 11.8 Å². The van der Waals surface area contributed by atoms with E-state index < -0.39 is 0 Å². The van der Waals surface area contributed by atoms with Gasteiger partial charge in [0.1, 0.15) is 0 Å². The van der Waals surface area contributed by atoms with Crippen molar-refractivity contribution < 1.29 is 0 Å². The number of hydrogen-bond acceptors (Lipinski definition) is 1. The van der Waals surface area contributed by atoms with Gasteiger partial charge in [-0.2, -0.15) is 0 Å². The normalized spacial score (nSPS) is 18.6. The molecule has 1 aliphatic rings. The zero-order valence-corrected chi connectivity index (χ0v) is 12.8. The first-order chi connectivity index (χ1) is 8.68. The van der Waals surface area contributed by atoms with Crippen molar-refractivity contribution in [3.63, 3.8) is 0 Å². The molecule has 0 heterocycles. The van der Waals surface area contributed by atoms with Crippen LogP contribution in [0.25, 0.3) is 0 Å². The molecule has 0 bridgehead atoms. The third-order valence-electron chi connectivity index (χ3n) is 4.04. The Hall–Kier alpha value is -0.300. The molecular weight excluding hydrogens is 218 g/mol. The number of allylic oxidation sites excluding steroid dienone is 1. The Balaban J connectivity index is 2.02. The van der Waals surface area contributed by atoms with Crippen molar-refractivity contribution in [1.29, 1.82) is 0 Å². The third-order valence-corrected chi connectivity index (χ3v) is 4.04. The summed E-state index contributed by atoms with van der Waals surface area (Å²) in [6.45, 7) is 9.12. The second-order valence-corrected chi connectivity index (χ2v) is 6.48. The summed E-state index contributed by atoms with van der Waals surface area (Å²) in [4.78, 5) is 0. The van der Waals surface area contributed by atoms with Crippen LogP contribution in [0.2, 0.25) is 0 Å². The molecule has 1 nitrogen and oxygen atoms in total. The van der Waals surface area contributed by atoms with Crippen LogP contribution in [0.3, 0.4) is 0 Å². The SMILES string of the molecule is C/C(=C/CCNCC(C)C)CCC1CCCCC1. The van der Waals surface area contributed by atoms with Gasteiger partial charge in [0, 0.05) is 0 Å². The van der Waals surface area contributed by atoms with Crippen LogP contribution in [-0.2, 0) is 0 Å². The zero-order valence-electron chi connectivity index (χ0n) is 12.8. The maximum atomic E-state index is 3.50. The maximum absolute atomic E-state index is 3.50. The standard InChI is InChI=1S/C17H33N/c1-15(2)14-18-13-7-8-16(3)11-12-17-9-5-4-6-10-17/h8,15,17-18H,4-7,9-14H2,1-3H3/b16-8-. The van der Waals surface area contributed by atoms with Gasteiger partial charge in [0.15, 0.2) is 0 Å². The Morgan fingerprint density at radius 1 is 1.22 bits per heavy atom. The molecular formula is C17H33N. The van der Waals surface area contributed by atoms with Gasteiger partial charge in [-0.05, 0) is 51.1 Å². The molecule has 1 saturated carbocycles. The molecule has 1 rings (SSSR count). The quantitative estimate of drug-likeness (QED) is 0.476. The van der Waals surface area contributed by atoms with Crippen LogP contribution in [0.4, 0.5) is 0 Å². The van der Waals surface area contributed by atoms with Crippen LogP contribution in [0, 0.1) is 11.8 Å². The van der Waals surface area contributed by atoms with Crippen LogP contribution in [0.5, 0.6) is 0 Å². The minimum Gasteiger partial charge on any atom is -0.316 e. The van der Waals surface area contributed by atoms with Gasteiger partial charge in [0.25, 0.3) is 0 Å². The molecule has 0 atom stereocenters. The molecule has 0 saturated heterocycles. The van der Waals surface area contributed by atoms with E-state index in [2.05, 4.69) is 32.2 Å². The molecule has 0 unspecified atom stereocenters. The Morgan fingerprint density at radius 3 is 2.61 bits per heavy atom. The third kappa shape index (κ3) is 7.92. The fourth-order valence-electron chi connectivity index (χ4n) is 2.82. The summed E-state index contributed by atoms with van der Waals surface area (Å²) >= 11 is 0. The summed E-state index contributed by atoms with van der Waals surface area (Å²) in [5.74, 6) is 1.79. The highest BCUT2D eigenvalue weighted by Gasteiger charge is 2.12. The van der Waals surface area contributed by atoms with Crippen LogP contribution in [0.15, 0.2) is 11.6 Å². The van der Waals surface area contributed by atoms with Gasteiger partial charge in [-0.15, -0.1) is 0 Å². The van der Waals surface area contributed by atoms with Crippen molar-refractivity contribution in [3.8, 4) is 0 Å². The molecule has 0 aromatic rings. The monoisotopic (exact) mass is 251 g/mol. The molecule has 1 heteroatoms. The van der Waals surface area contributed by atoms with E-state index in [0.29, 0.717) is 0 Å². The minimum absolute atomic E-state index is 0.765. The largest absolute Gasteiger partial charge is 0.316 e. The predicted molar refractivity (Wildman–Crippen MR) is 81.9 cm³/mol. The van der Waals surface area contributed by atoms with Crippen LogP contribution in [-0.4, -0.2) is 13.1 Å². The fourth-order valence-corrected chi connectivity index (χ4v) is 2.82. The smallest absolute Gasteiger partial charge is 0.00141 e. The van der Waals surface area contributed by atoms with E-state index in [1.165, 1.54) is 51.4 Å². The number of nitrogens with one attached hydrogen (secondary N) is 1. The van der Waals surface area contributed by atoms with Crippen molar-refractivity contribution in [2.45, 2.75) is 72.1 Å². The van der Waals surface area contributed by atoms with E-state index in [4.69, 9.17) is 0 Å². The van der Waals surface area contributed by atoms with Crippen molar-refractivity contribution in [2.75, 3.05) is 13.1 Å². The second-order valence-electron chi connectivity index (χ2n) is 6.48. The van der Waals surface area contributed by atoms with Gasteiger partial charge < -0.3 is 5.32 Å². The minimum atomic E-state index is 0.765. The molecule has 0 aliphatic heterocycles. The summed E-state index contributed by atoms with van der Waals surface area (Å²) in [6, 6.07) is 0. The molecule has 1 N–H and O–H groups in total. The van der Waals surface area contributed by atoms with E-state index in [-0.39, 0.29) is 0 Å². The summed E-state index contributed by atoms with van der Waals surface area (Å²) in [5, 5.41) is 3.50. The summed E-state index contributed by atoms with van der Waals surface area (Å²) in [7, 11) is 0. The zero-order chi connectivity index (χ0) is 13.2. The molecule has 0 amide bonds. The lowest BCUT2D eigenvalue weighted by Crippen LogP contribution is -2.20. The highest BCUT2D eigenvalue weighted by molar-refractivity contribution is 4.98. The van der Waals surface area contributed by atoms with Gasteiger partial charge in [-0.1, -0.05) is 57.6 Å². The lowest BCUT2D eigenvalue weighted by molar-refractivity contribution is 0.339. The Bertz CT molecular complexity index is 224. The fraction of sp³-hybridized carbons (Fsp3) is 0.882. The maximum Gasteiger partial charge on any atom is -0.00141 e. The lowest BCUT2D eigenvalue weighted by Gasteiger charge is -2.21. The molecule has 18 heavy (non-hydrogen) atoms. The van der Waals surface area contributed by atoms with Gasteiger partial charge >= 0.3 is 0 Å². The Kier molecular flexibility index (Phi) is 8.41. The van der Waals surface area contributed by atoms with E-state index in [9.17, 15) is 0 Å². The highest BCUT2D eigenvalue weighted by Crippen LogP contribution is 2.28. The van der Waals surface area contributed by atoms with Crippen molar-refractivity contribution in [3.05, 3.63) is 11.6 Å². The molecule has 0 spiro atoms. The van der Waals surface area contributed by atoms with E-state index in [0.717, 1.165) is 24.9 Å². The Labute approximate surface area is 114 Å². The van der Waals surface area contributed by atoms with Gasteiger partial charge in [0.2, 0.25) is 0 Å². The first-order valence-corrected chi connectivity index (χ1v) is 8.05. The highest BCUT2D eigenvalue weighted by atomic mass is 14.8. The topological polar surface area (TPSA) is 12.0 Å². The second kappa shape index (κ2) is 9.61. The average molecular weight is 251 g/mol. The summed E-state index contributed by atoms with van der Waals surface area (Å²) < 4.78 is 0. The van der Waals surface area contributed by atoms with Gasteiger partial charge in [-0.3, -0.25) is 0 Å². The van der Waals surface area contributed by atoms with Gasteiger partial charge in [0.05, 0.1) is 0 Å². The van der Waals surface area contributed by atoms with Crippen LogP contribution >= 0.6 is 0 Å². The predicted octanol–water partition coefficient (Wildman–Crippen LogP) is 4.93. The molecule has 0 aromatic heterocycles. The van der Waals surface area contributed by atoms with E-state index >= 15 is 0 Å². The Morgan fingerprint density at radius 2 is 1.94 bits per heavy atom.